The molecule has 0 saturated heterocycles. The molecular weight excluding hydrogens is 460 g/mol. The molecule has 2 heterocycles. The lowest BCUT2D eigenvalue weighted by Crippen LogP contribution is -2.44. The average Bonchev–Trinajstić information content (AvgIpc) is 3.13. The van der Waals surface area contributed by atoms with Gasteiger partial charge in [0.15, 0.2) is 11.3 Å². The van der Waals surface area contributed by atoms with Crippen LogP contribution in [0.3, 0.4) is 0 Å². The molecule has 2 N–H and O–H groups in total. The molecule has 2 aromatic heterocycles. The van der Waals surface area contributed by atoms with E-state index >= 15 is 0 Å². The summed E-state index contributed by atoms with van der Waals surface area (Å²) in [6.45, 7) is 7.36. The number of carbonyl (C=O) groups excluding carboxylic acids is 1. The standard InChI is InChI=1S/C22H30N6O5S/c1-7-9-18-24-13(3)19-22(30)25-20(26-28(18)19)16-12-15(10-11-17(16)33-8-2)34(31,32)27(6)14(4)21(29)23-5/h10-12,14H,7-9H2,1-6H3,(H,23,29)(H,25,26,30)/t14-/m1/s1. The molecule has 1 atom stereocenters. The second-order valence-corrected chi connectivity index (χ2v) is 9.83. The fraction of sp³-hybridized carbons (Fsp3) is 0.455. The van der Waals surface area contributed by atoms with Crippen molar-refractivity contribution in [1.82, 2.24) is 29.2 Å². The first kappa shape index (κ1) is 25.4. The van der Waals surface area contributed by atoms with Crippen molar-refractivity contribution in [2.75, 3.05) is 20.7 Å². The van der Waals surface area contributed by atoms with Crippen LogP contribution in [0.15, 0.2) is 27.9 Å². The van der Waals surface area contributed by atoms with Gasteiger partial charge in [-0.05, 0) is 45.4 Å². The Hall–Kier alpha value is -3.25. The number of hydrogen-bond acceptors (Lipinski definition) is 7. The summed E-state index contributed by atoms with van der Waals surface area (Å²) in [5.41, 5.74) is 0.818. The predicted octanol–water partition coefficient (Wildman–Crippen LogP) is 1.50. The molecule has 3 aromatic rings. The molecule has 0 aliphatic carbocycles. The van der Waals surface area contributed by atoms with Crippen molar-refractivity contribution in [3.8, 4) is 17.1 Å². The largest absolute Gasteiger partial charge is 0.493 e. The molecule has 0 spiro atoms. The van der Waals surface area contributed by atoms with E-state index in [0.29, 0.717) is 41.4 Å². The summed E-state index contributed by atoms with van der Waals surface area (Å²) in [6, 6.07) is 3.38. The Morgan fingerprint density at radius 3 is 2.65 bits per heavy atom. The second-order valence-electron chi connectivity index (χ2n) is 7.83. The summed E-state index contributed by atoms with van der Waals surface area (Å²) in [7, 11) is -1.27. The van der Waals surface area contributed by atoms with Crippen molar-refractivity contribution >= 4 is 21.4 Å². The van der Waals surface area contributed by atoms with Gasteiger partial charge in [0, 0.05) is 20.5 Å². The maximum atomic E-state index is 13.3. The van der Waals surface area contributed by atoms with Gasteiger partial charge in [-0.25, -0.2) is 17.9 Å². The van der Waals surface area contributed by atoms with E-state index in [2.05, 4.69) is 20.4 Å². The highest BCUT2D eigenvalue weighted by molar-refractivity contribution is 7.89. The number of likely N-dealkylation sites (N-methyl/N-ethyl adjacent to an activating group) is 2. The zero-order chi connectivity index (χ0) is 25.2. The predicted molar refractivity (Wildman–Crippen MR) is 127 cm³/mol. The van der Waals surface area contributed by atoms with Gasteiger partial charge in [-0.1, -0.05) is 6.92 Å². The van der Waals surface area contributed by atoms with Gasteiger partial charge in [0.05, 0.1) is 22.8 Å². The number of nitrogens with zero attached hydrogens (tertiary/aromatic N) is 4. The molecule has 184 valence electrons. The molecule has 11 nitrogen and oxygen atoms in total. The Morgan fingerprint density at radius 2 is 2.03 bits per heavy atom. The number of aromatic amines is 1. The van der Waals surface area contributed by atoms with Gasteiger partial charge in [-0.2, -0.15) is 4.31 Å². The van der Waals surface area contributed by atoms with Crippen LogP contribution in [-0.4, -0.2) is 65.0 Å². The zero-order valence-corrected chi connectivity index (χ0v) is 21.0. The highest BCUT2D eigenvalue weighted by atomic mass is 32.2. The van der Waals surface area contributed by atoms with Crippen molar-refractivity contribution in [3.05, 3.63) is 40.1 Å². The normalized spacial score (nSPS) is 12.8. The number of H-pyrrole nitrogens is 1. The number of carbonyl (C=O) groups is 1. The lowest BCUT2D eigenvalue weighted by molar-refractivity contribution is -0.123. The molecule has 0 fully saturated rings. The van der Waals surface area contributed by atoms with E-state index in [1.807, 2.05) is 6.92 Å². The first-order chi connectivity index (χ1) is 16.1. The number of fused-ring (bicyclic) bond motifs is 1. The van der Waals surface area contributed by atoms with Crippen LogP contribution in [0.5, 0.6) is 5.75 Å². The number of ether oxygens (including phenoxy) is 1. The Kier molecular flexibility index (Phi) is 7.41. The maximum Gasteiger partial charge on any atom is 0.277 e. The monoisotopic (exact) mass is 490 g/mol. The number of benzene rings is 1. The van der Waals surface area contributed by atoms with E-state index < -0.39 is 27.5 Å². The smallest absolute Gasteiger partial charge is 0.277 e. The molecular formula is C22H30N6O5S. The lowest BCUT2D eigenvalue weighted by atomic mass is 10.2. The Morgan fingerprint density at radius 1 is 1.32 bits per heavy atom. The maximum absolute atomic E-state index is 13.3. The van der Waals surface area contributed by atoms with E-state index in [1.165, 1.54) is 43.7 Å². The van der Waals surface area contributed by atoms with Gasteiger partial charge < -0.3 is 15.0 Å². The third-order valence-corrected chi connectivity index (χ3v) is 7.49. The number of aromatic nitrogens is 4. The van der Waals surface area contributed by atoms with Crippen molar-refractivity contribution in [2.24, 2.45) is 0 Å². The molecule has 0 radical (unpaired) electrons. The van der Waals surface area contributed by atoms with Gasteiger partial charge in [0.1, 0.15) is 17.6 Å². The van der Waals surface area contributed by atoms with Crippen LogP contribution in [0.4, 0.5) is 0 Å². The summed E-state index contributed by atoms with van der Waals surface area (Å²) in [5.74, 6) is 0.713. The molecule has 0 aliphatic heterocycles. The summed E-state index contributed by atoms with van der Waals surface area (Å²) >= 11 is 0. The quantitative estimate of drug-likeness (QED) is 0.463. The van der Waals surface area contributed by atoms with Crippen molar-refractivity contribution in [2.45, 2.75) is 51.5 Å². The van der Waals surface area contributed by atoms with E-state index in [9.17, 15) is 18.0 Å². The van der Waals surface area contributed by atoms with Crippen LogP contribution >= 0.6 is 0 Å². The SMILES string of the molecule is CCCc1nc(C)c2c(=O)[nH]c(-c3cc(S(=O)(=O)N(C)[C@H](C)C(=O)NC)ccc3OCC)nn12. The molecule has 1 amide bonds. The Balaban J connectivity index is 2.21. The summed E-state index contributed by atoms with van der Waals surface area (Å²) in [4.78, 5) is 32.1. The molecule has 0 saturated carbocycles. The topological polar surface area (TPSA) is 139 Å². The summed E-state index contributed by atoms with van der Waals surface area (Å²) in [5, 5.41) is 7.03. The van der Waals surface area contributed by atoms with E-state index in [1.54, 1.807) is 13.8 Å². The van der Waals surface area contributed by atoms with Gasteiger partial charge in [-0.15, -0.1) is 5.10 Å². The molecule has 0 unspecified atom stereocenters. The highest BCUT2D eigenvalue weighted by Crippen LogP contribution is 2.31. The van der Waals surface area contributed by atoms with Crippen LogP contribution in [0.1, 0.15) is 38.7 Å². The minimum atomic E-state index is -4.04. The number of sulfonamides is 1. The third-order valence-electron chi connectivity index (χ3n) is 5.57. The molecule has 34 heavy (non-hydrogen) atoms. The zero-order valence-electron chi connectivity index (χ0n) is 20.2. The number of nitrogens with one attached hydrogen (secondary N) is 2. The highest BCUT2D eigenvalue weighted by Gasteiger charge is 2.30. The number of amides is 1. The van der Waals surface area contributed by atoms with Gasteiger partial charge in [0.2, 0.25) is 15.9 Å². The summed E-state index contributed by atoms with van der Waals surface area (Å²) < 4.78 is 34.7. The average molecular weight is 491 g/mol. The number of hydrogen-bond donors (Lipinski definition) is 2. The van der Waals surface area contributed by atoms with Crippen molar-refractivity contribution in [1.29, 1.82) is 0 Å². The molecule has 3 rings (SSSR count). The molecule has 1 aromatic carbocycles. The number of rotatable bonds is 9. The van der Waals surface area contributed by atoms with E-state index in [0.717, 1.165) is 10.7 Å². The van der Waals surface area contributed by atoms with Crippen LogP contribution in [-0.2, 0) is 21.2 Å². The van der Waals surface area contributed by atoms with Gasteiger partial charge in [-0.3, -0.25) is 9.59 Å². The minimum Gasteiger partial charge on any atom is -0.493 e. The number of aryl methyl sites for hydroxylation is 2. The fourth-order valence-corrected chi connectivity index (χ4v) is 4.98. The van der Waals surface area contributed by atoms with Gasteiger partial charge in [0.25, 0.3) is 5.56 Å². The third kappa shape index (κ3) is 4.55. The van der Waals surface area contributed by atoms with Gasteiger partial charge >= 0.3 is 0 Å². The van der Waals surface area contributed by atoms with Crippen LogP contribution < -0.4 is 15.6 Å². The lowest BCUT2D eigenvalue weighted by Gasteiger charge is -2.23. The molecule has 12 heteroatoms. The van der Waals surface area contributed by atoms with Crippen LogP contribution in [0, 0.1) is 6.92 Å². The molecule has 0 aliphatic rings. The van der Waals surface area contributed by atoms with E-state index in [-0.39, 0.29) is 10.7 Å². The molecule has 0 bridgehead atoms. The Bertz CT molecular complexity index is 1380. The van der Waals surface area contributed by atoms with Crippen LogP contribution in [0.2, 0.25) is 0 Å². The summed E-state index contributed by atoms with van der Waals surface area (Å²) in [6.07, 6.45) is 1.44. The minimum absolute atomic E-state index is 0.0671. The van der Waals surface area contributed by atoms with E-state index in [4.69, 9.17) is 4.74 Å². The first-order valence-electron chi connectivity index (χ1n) is 11.0. The van der Waals surface area contributed by atoms with Crippen molar-refractivity contribution in [3.63, 3.8) is 0 Å². The fourth-order valence-electron chi connectivity index (χ4n) is 3.63. The first-order valence-corrected chi connectivity index (χ1v) is 12.5. The van der Waals surface area contributed by atoms with Crippen LogP contribution in [0.25, 0.3) is 16.9 Å². The Labute approximate surface area is 198 Å². The van der Waals surface area contributed by atoms with Crippen molar-refractivity contribution < 1.29 is 17.9 Å². The second kappa shape index (κ2) is 9.94. The number of imidazole rings is 1.